The summed E-state index contributed by atoms with van der Waals surface area (Å²) < 4.78 is 5.02. The summed E-state index contributed by atoms with van der Waals surface area (Å²) in [6.45, 7) is 1.14. The summed E-state index contributed by atoms with van der Waals surface area (Å²) in [5, 5.41) is 2.42. The molecular weight excluding hydrogens is 222 g/mol. The van der Waals surface area contributed by atoms with Crippen molar-refractivity contribution in [2.45, 2.75) is 6.92 Å². The van der Waals surface area contributed by atoms with Crippen molar-refractivity contribution in [3.8, 4) is 5.75 Å². The number of nitrogens with one attached hydrogen (secondary N) is 1. The molecule has 0 aliphatic carbocycles. The van der Waals surface area contributed by atoms with Crippen LogP contribution in [0.3, 0.4) is 0 Å². The fraction of sp³-hybridized carbons (Fsp3) is 0.182. The van der Waals surface area contributed by atoms with Crippen molar-refractivity contribution in [1.82, 2.24) is 0 Å². The molecule has 17 heavy (non-hydrogen) atoms. The molecule has 6 heteroatoms. The molecule has 0 aliphatic heterocycles. The van der Waals surface area contributed by atoms with Crippen LogP contribution < -0.4 is 10.1 Å². The Morgan fingerprint density at radius 1 is 1.35 bits per heavy atom. The summed E-state index contributed by atoms with van der Waals surface area (Å²) in [6.07, 6.45) is 0. The van der Waals surface area contributed by atoms with E-state index in [-0.39, 0.29) is 0 Å². The van der Waals surface area contributed by atoms with E-state index in [2.05, 4.69) is 10.1 Å². The van der Waals surface area contributed by atoms with Crippen molar-refractivity contribution < 1.29 is 19.1 Å². The van der Waals surface area contributed by atoms with Crippen LogP contribution in [0.4, 0.5) is 5.69 Å². The minimum atomic E-state index is -0.788. The Hall–Kier alpha value is -2.46. The van der Waals surface area contributed by atoms with E-state index >= 15 is 0 Å². The van der Waals surface area contributed by atoms with E-state index in [9.17, 15) is 9.59 Å². The second-order valence-corrected chi connectivity index (χ2v) is 3.16. The van der Waals surface area contributed by atoms with Gasteiger partial charge < -0.3 is 15.6 Å². The molecule has 1 aromatic rings. The number of para-hydroxylation sites is 2. The van der Waals surface area contributed by atoms with Crippen molar-refractivity contribution in [2.75, 3.05) is 12.4 Å². The van der Waals surface area contributed by atoms with Crippen LogP contribution in [0.25, 0.3) is 5.53 Å². The first kappa shape index (κ1) is 12.6. The zero-order valence-corrected chi connectivity index (χ0v) is 9.43. The lowest BCUT2D eigenvalue weighted by molar-refractivity contribution is -0.121. The molecule has 1 N–H and O–H groups in total. The lowest BCUT2D eigenvalue weighted by Gasteiger charge is -2.07. The molecule has 0 saturated carbocycles. The first-order chi connectivity index (χ1) is 8.10. The molecule has 0 spiro atoms. The van der Waals surface area contributed by atoms with E-state index in [1.54, 1.807) is 24.3 Å². The molecule has 0 radical (unpaired) electrons. The van der Waals surface area contributed by atoms with Crippen molar-refractivity contribution in [3.63, 3.8) is 0 Å². The standard InChI is InChI=1S/C11H11N3O3/c1-7(15)10(14-12)11(16)13-8-5-3-4-6-9(8)17-2/h3-6H,1-2H3,(H,13,16). The van der Waals surface area contributed by atoms with Gasteiger partial charge in [0, 0.05) is 6.92 Å². The minimum Gasteiger partial charge on any atom is -0.495 e. The van der Waals surface area contributed by atoms with Crippen LogP contribution in [0.15, 0.2) is 24.3 Å². The van der Waals surface area contributed by atoms with Gasteiger partial charge in [0.05, 0.1) is 12.8 Å². The highest BCUT2D eigenvalue weighted by atomic mass is 16.5. The number of carbonyl (C=O) groups excluding carboxylic acids is 2. The molecule has 0 unspecified atom stereocenters. The fourth-order valence-electron chi connectivity index (χ4n) is 1.21. The molecule has 0 aromatic heterocycles. The average molecular weight is 233 g/mol. The lowest BCUT2D eigenvalue weighted by Crippen LogP contribution is -2.29. The Morgan fingerprint density at radius 2 is 2.00 bits per heavy atom. The van der Waals surface area contributed by atoms with Gasteiger partial charge in [-0.3, -0.25) is 9.59 Å². The average Bonchev–Trinajstić information content (AvgIpc) is 2.30. The second-order valence-electron chi connectivity index (χ2n) is 3.16. The summed E-state index contributed by atoms with van der Waals surface area (Å²) in [5.41, 5.74) is 8.38. The number of benzene rings is 1. The van der Waals surface area contributed by atoms with E-state index in [0.29, 0.717) is 11.4 Å². The Bertz CT molecular complexity index is 504. The van der Waals surface area contributed by atoms with Gasteiger partial charge in [-0.05, 0) is 12.1 Å². The number of anilines is 1. The third-order valence-corrected chi connectivity index (χ3v) is 2.00. The number of hydrogen-bond donors (Lipinski definition) is 1. The predicted molar refractivity (Wildman–Crippen MR) is 60.9 cm³/mol. The van der Waals surface area contributed by atoms with Gasteiger partial charge in [-0.2, -0.15) is 4.79 Å². The maximum absolute atomic E-state index is 11.6. The Balaban J connectivity index is 2.95. The molecule has 88 valence electrons. The van der Waals surface area contributed by atoms with E-state index < -0.39 is 17.4 Å². The zero-order valence-electron chi connectivity index (χ0n) is 9.43. The van der Waals surface area contributed by atoms with Gasteiger partial charge in [0.2, 0.25) is 5.78 Å². The molecule has 0 fully saturated rings. The maximum atomic E-state index is 11.6. The molecular formula is C11H11N3O3. The molecule has 0 bridgehead atoms. The van der Waals surface area contributed by atoms with Crippen LogP contribution >= 0.6 is 0 Å². The topological polar surface area (TPSA) is 91.8 Å². The summed E-state index contributed by atoms with van der Waals surface area (Å²) in [6, 6.07) is 6.69. The van der Waals surface area contributed by atoms with Gasteiger partial charge in [0.15, 0.2) is 0 Å². The largest absolute Gasteiger partial charge is 0.495 e. The van der Waals surface area contributed by atoms with Crippen molar-refractivity contribution in [3.05, 3.63) is 29.8 Å². The van der Waals surface area contributed by atoms with Crippen molar-refractivity contribution >= 4 is 23.1 Å². The van der Waals surface area contributed by atoms with Gasteiger partial charge in [0.1, 0.15) is 5.75 Å². The smallest absolute Gasteiger partial charge is 0.421 e. The predicted octanol–water partition coefficient (Wildman–Crippen LogP) is 0.893. The van der Waals surface area contributed by atoms with E-state index in [1.807, 2.05) is 0 Å². The number of rotatable bonds is 4. The van der Waals surface area contributed by atoms with Crippen LogP contribution in [0.1, 0.15) is 6.92 Å². The summed E-state index contributed by atoms with van der Waals surface area (Å²) in [5.74, 6) is -0.967. The number of methoxy groups -OCH3 is 1. The van der Waals surface area contributed by atoms with Gasteiger partial charge in [0.25, 0.3) is 0 Å². The number of hydrogen-bond acceptors (Lipinski definition) is 3. The molecule has 0 aliphatic rings. The number of amides is 1. The number of ketones is 1. The highest BCUT2D eigenvalue weighted by Crippen LogP contribution is 2.22. The number of ether oxygens (including phenoxy) is 1. The Labute approximate surface area is 97.8 Å². The van der Waals surface area contributed by atoms with Gasteiger partial charge in [-0.1, -0.05) is 12.1 Å². The Kier molecular flexibility index (Phi) is 4.14. The molecule has 1 rings (SSSR count). The molecule has 6 nitrogen and oxygen atoms in total. The number of nitrogens with zero attached hydrogens (tertiary/aromatic N) is 2. The van der Waals surface area contributed by atoms with Crippen LogP contribution in [0, 0.1) is 0 Å². The molecule has 1 amide bonds. The fourth-order valence-corrected chi connectivity index (χ4v) is 1.21. The molecule has 0 saturated heterocycles. The molecule has 0 atom stereocenters. The van der Waals surface area contributed by atoms with Gasteiger partial charge in [-0.15, -0.1) is 0 Å². The zero-order chi connectivity index (χ0) is 12.8. The van der Waals surface area contributed by atoms with Crippen molar-refractivity contribution in [1.29, 1.82) is 0 Å². The van der Waals surface area contributed by atoms with Crippen molar-refractivity contribution in [2.24, 2.45) is 0 Å². The Morgan fingerprint density at radius 3 is 2.53 bits per heavy atom. The highest BCUT2D eigenvalue weighted by Gasteiger charge is 2.26. The summed E-state index contributed by atoms with van der Waals surface area (Å²) >= 11 is 0. The quantitative estimate of drug-likeness (QED) is 0.362. The second kappa shape index (κ2) is 5.58. The molecule has 1 aromatic carbocycles. The SMILES string of the molecule is COc1ccccc1NC(=O)C(=[N+]=[N-])C(C)=O. The van der Waals surface area contributed by atoms with Gasteiger partial charge in [-0.25, -0.2) is 0 Å². The normalized spacial score (nSPS) is 9.06. The minimum absolute atomic E-state index is 0.391. The third kappa shape index (κ3) is 2.99. The number of Topliss-reactive ketones (excluding diaryl/α,β-unsaturated/α-hetero) is 1. The van der Waals surface area contributed by atoms with E-state index in [1.165, 1.54) is 7.11 Å². The van der Waals surface area contributed by atoms with E-state index in [4.69, 9.17) is 10.3 Å². The lowest BCUT2D eigenvalue weighted by atomic mass is 10.2. The van der Waals surface area contributed by atoms with Crippen LogP contribution in [0.2, 0.25) is 0 Å². The van der Waals surface area contributed by atoms with Crippen LogP contribution in [-0.4, -0.2) is 29.3 Å². The van der Waals surface area contributed by atoms with Crippen LogP contribution in [0.5, 0.6) is 5.75 Å². The van der Waals surface area contributed by atoms with Crippen LogP contribution in [-0.2, 0) is 9.59 Å². The third-order valence-electron chi connectivity index (χ3n) is 2.00. The summed E-state index contributed by atoms with van der Waals surface area (Å²) in [7, 11) is 1.46. The summed E-state index contributed by atoms with van der Waals surface area (Å²) in [4.78, 5) is 25.2. The monoisotopic (exact) mass is 233 g/mol. The van der Waals surface area contributed by atoms with E-state index in [0.717, 1.165) is 6.92 Å². The first-order valence-electron chi connectivity index (χ1n) is 4.77. The first-order valence-corrected chi connectivity index (χ1v) is 4.77. The maximum Gasteiger partial charge on any atom is 0.421 e. The highest BCUT2D eigenvalue weighted by molar-refractivity contribution is 6.65. The number of carbonyl (C=O) groups is 2. The molecule has 0 heterocycles. The van der Waals surface area contributed by atoms with Gasteiger partial charge >= 0.3 is 11.6 Å².